The van der Waals surface area contributed by atoms with Crippen LogP contribution in [0.2, 0.25) is 0 Å². The first-order valence-corrected chi connectivity index (χ1v) is 4.27. The molecule has 0 spiro atoms. The molecule has 2 atom stereocenters. The lowest BCUT2D eigenvalue weighted by Gasteiger charge is -2.54. The van der Waals surface area contributed by atoms with Crippen LogP contribution in [0.25, 0.3) is 0 Å². The van der Waals surface area contributed by atoms with Gasteiger partial charge in [-0.1, -0.05) is 0 Å². The van der Waals surface area contributed by atoms with Crippen LogP contribution in [0, 0.1) is 12.1 Å². The first-order valence-electron chi connectivity index (χ1n) is 4.27. The first kappa shape index (κ1) is 9.84. The minimum atomic E-state index is -0.679. The Balaban J connectivity index is 2.84. The van der Waals surface area contributed by atoms with E-state index in [1.165, 1.54) is 0 Å². The van der Waals surface area contributed by atoms with Crippen LogP contribution in [0.4, 0.5) is 0 Å². The second-order valence-electron chi connectivity index (χ2n) is 4.67. The van der Waals surface area contributed by atoms with Crippen molar-refractivity contribution in [1.29, 1.82) is 0 Å². The van der Waals surface area contributed by atoms with Gasteiger partial charge in [-0.25, -0.2) is 0 Å². The third-order valence-electron chi connectivity index (χ3n) is 2.45. The average molecular weight is 171 g/mol. The standard InChI is InChI=1S/C9H17NO2/c1-8(2)5-7(11)6-9(3,4)10(8)12/h7,11H,1,5-6H2,2-4H3. The zero-order chi connectivity index (χ0) is 9.57. The second-order valence-corrected chi connectivity index (χ2v) is 4.67. The van der Waals surface area contributed by atoms with E-state index in [0.29, 0.717) is 12.8 Å². The summed E-state index contributed by atoms with van der Waals surface area (Å²) in [6, 6.07) is 0. The molecular formula is C9H17NO2. The van der Waals surface area contributed by atoms with E-state index in [1.54, 1.807) is 6.92 Å². The molecule has 1 fully saturated rings. The van der Waals surface area contributed by atoms with E-state index in [4.69, 9.17) is 0 Å². The molecule has 12 heavy (non-hydrogen) atoms. The van der Waals surface area contributed by atoms with E-state index in [-0.39, 0.29) is 0 Å². The van der Waals surface area contributed by atoms with Gasteiger partial charge in [-0.3, -0.25) is 0 Å². The molecule has 2 unspecified atom stereocenters. The van der Waals surface area contributed by atoms with Crippen molar-refractivity contribution in [3.05, 3.63) is 12.1 Å². The van der Waals surface area contributed by atoms with Gasteiger partial charge in [0.25, 0.3) is 0 Å². The van der Waals surface area contributed by atoms with E-state index in [0.717, 1.165) is 5.06 Å². The molecule has 0 aromatic rings. The predicted molar refractivity (Wildman–Crippen MR) is 48.3 cm³/mol. The highest BCUT2D eigenvalue weighted by atomic mass is 16.5. The maximum Gasteiger partial charge on any atom is 0.147 e. The van der Waals surface area contributed by atoms with Gasteiger partial charge in [-0.2, -0.15) is 0 Å². The van der Waals surface area contributed by atoms with Crippen molar-refractivity contribution in [3.63, 3.8) is 0 Å². The normalized spacial score (nSPS) is 42.9. The summed E-state index contributed by atoms with van der Waals surface area (Å²) in [6.45, 7) is 9.26. The van der Waals surface area contributed by atoms with Gasteiger partial charge in [0.2, 0.25) is 0 Å². The highest BCUT2D eigenvalue weighted by Crippen LogP contribution is 2.36. The zero-order valence-corrected chi connectivity index (χ0v) is 8.00. The molecule has 0 aromatic heterocycles. The van der Waals surface area contributed by atoms with Crippen molar-refractivity contribution in [2.45, 2.75) is 50.8 Å². The number of hydrogen-bond acceptors (Lipinski definition) is 3. The van der Waals surface area contributed by atoms with Gasteiger partial charge >= 0.3 is 0 Å². The fourth-order valence-electron chi connectivity index (χ4n) is 2.05. The van der Waals surface area contributed by atoms with E-state index >= 15 is 0 Å². The summed E-state index contributed by atoms with van der Waals surface area (Å²) in [5, 5.41) is 22.2. The largest absolute Gasteiger partial charge is 0.781 e. The summed E-state index contributed by atoms with van der Waals surface area (Å²) in [7, 11) is 0. The number of aliphatic hydroxyl groups is 1. The Hall–Kier alpha value is -0.250. The Bertz CT molecular complexity index is 159. The summed E-state index contributed by atoms with van der Waals surface area (Å²) in [5.74, 6) is 0. The molecule has 1 heterocycles. The minimum Gasteiger partial charge on any atom is -0.781 e. The topological polar surface area (TPSA) is 46.5 Å². The Labute approximate surface area is 74.0 Å². The number of piperidine rings is 1. The molecule has 1 aliphatic rings. The number of nitrogens with zero attached hydrogens (tertiary/aromatic N) is 1. The first-order chi connectivity index (χ1) is 5.26. The van der Waals surface area contributed by atoms with Gasteiger partial charge < -0.3 is 15.4 Å². The maximum atomic E-state index is 11.7. The summed E-state index contributed by atoms with van der Waals surface area (Å²) in [6.07, 6.45) is 0.592. The van der Waals surface area contributed by atoms with Crippen molar-refractivity contribution < 1.29 is 5.11 Å². The van der Waals surface area contributed by atoms with E-state index in [1.807, 2.05) is 13.8 Å². The fraction of sp³-hybridized carbons (Fsp3) is 0.889. The molecule has 0 aliphatic carbocycles. The third kappa shape index (κ3) is 1.58. The lowest BCUT2D eigenvalue weighted by atomic mass is 9.80. The third-order valence-corrected chi connectivity index (χ3v) is 2.45. The van der Waals surface area contributed by atoms with E-state index in [9.17, 15) is 10.3 Å². The quantitative estimate of drug-likeness (QED) is 0.559. The van der Waals surface area contributed by atoms with E-state index < -0.39 is 17.2 Å². The summed E-state index contributed by atoms with van der Waals surface area (Å²) >= 11 is 0. The molecule has 0 bridgehead atoms. The zero-order valence-electron chi connectivity index (χ0n) is 8.00. The van der Waals surface area contributed by atoms with Crippen LogP contribution >= 0.6 is 0 Å². The Kier molecular flexibility index (Phi) is 2.15. The number of aliphatic hydroxyl groups excluding tert-OH is 1. The molecule has 0 radical (unpaired) electrons. The van der Waals surface area contributed by atoms with E-state index in [2.05, 4.69) is 6.92 Å². The number of rotatable bonds is 0. The molecule has 1 aliphatic heterocycles. The van der Waals surface area contributed by atoms with Gasteiger partial charge in [-0.05, 0) is 27.2 Å². The molecule has 1 N–H and O–H groups in total. The van der Waals surface area contributed by atoms with Crippen LogP contribution in [-0.2, 0) is 0 Å². The average Bonchev–Trinajstić information content (AvgIpc) is 1.80. The lowest BCUT2D eigenvalue weighted by Crippen LogP contribution is -2.59. The predicted octanol–water partition coefficient (Wildman–Crippen LogP) is 1.31. The summed E-state index contributed by atoms with van der Waals surface area (Å²) < 4.78 is 0. The van der Waals surface area contributed by atoms with Gasteiger partial charge in [0.15, 0.2) is 0 Å². The molecule has 70 valence electrons. The lowest BCUT2D eigenvalue weighted by molar-refractivity contribution is -0.0385. The second kappa shape index (κ2) is 2.62. The van der Waals surface area contributed by atoms with Crippen LogP contribution < -0.4 is 0 Å². The summed E-state index contributed by atoms with van der Waals surface area (Å²) in [5.41, 5.74) is -1.17. The monoisotopic (exact) mass is 171 g/mol. The highest BCUT2D eigenvalue weighted by molar-refractivity contribution is 5.03. The van der Waals surface area contributed by atoms with Crippen LogP contribution in [0.15, 0.2) is 0 Å². The summed E-state index contributed by atoms with van der Waals surface area (Å²) in [4.78, 5) is 0. The molecular weight excluding hydrogens is 154 g/mol. The van der Waals surface area contributed by atoms with Crippen molar-refractivity contribution in [2.75, 3.05) is 0 Å². The molecule has 3 nitrogen and oxygen atoms in total. The SMILES string of the molecule is [CH2+]C1(C)CC(O)CC(C)(C)N1[O-]. The van der Waals surface area contributed by atoms with Crippen LogP contribution in [0.3, 0.4) is 0 Å². The smallest absolute Gasteiger partial charge is 0.147 e. The molecule has 3 heteroatoms. The molecule has 1 rings (SSSR count). The van der Waals surface area contributed by atoms with Crippen LogP contribution in [0.5, 0.6) is 0 Å². The Morgan fingerprint density at radius 1 is 1.42 bits per heavy atom. The number of hydroxylamine groups is 2. The number of hydrogen-bond donors (Lipinski definition) is 1. The molecule has 1 saturated heterocycles. The van der Waals surface area contributed by atoms with Gasteiger partial charge in [-0.15, -0.1) is 0 Å². The molecule has 0 saturated carbocycles. The maximum absolute atomic E-state index is 11.7. The van der Waals surface area contributed by atoms with Gasteiger partial charge in [0, 0.05) is 12.0 Å². The minimum absolute atomic E-state index is 0.396. The van der Waals surface area contributed by atoms with Gasteiger partial charge in [0.05, 0.1) is 13.0 Å². The van der Waals surface area contributed by atoms with Gasteiger partial charge in [0.1, 0.15) is 5.54 Å². The Morgan fingerprint density at radius 2 is 1.92 bits per heavy atom. The van der Waals surface area contributed by atoms with Crippen LogP contribution in [0.1, 0.15) is 33.6 Å². The van der Waals surface area contributed by atoms with Crippen molar-refractivity contribution in [3.8, 4) is 0 Å². The highest BCUT2D eigenvalue weighted by Gasteiger charge is 2.43. The van der Waals surface area contributed by atoms with Crippen molar-refractivity contribution >= 4 is 0 Å². The van der Waals surface area contributed by atoms with Crippen molar-refractivity contribution in [2.24, 2.45) is 0 Å². The fourth-order valence-corrected chi connectivity index (χ4v) is 2.05. The molecule has 0 aromatic carbocycles. The van der Waals surface area contributed by atoms with Crippen molar-refractivity contribution in [1.82, 2.24) is 5.06 Å². The Morgan fingerprint density at radius 3 is 2.33 bits per heavy atom. The van der Waals surface area contributed by atoms with Crippen LogP contribution in [-0.4, -0.2) is 27.4 Å². The molecule has 0 amide bonds.